The van der Waals surface area contributed by atoms with Crippen molar-refractivity contribution in [1.82, 2.24) is 4.90 Å². The third-order valence-corrected chi connectivity index (χ3v) is 5.02. The molecule has 2 aromatic carbocycles. The van der Waals surface area contributed by atoms with E-state index in [0.717, 1.165) is 42.8 Å². The van der Waals surface area contributed by atoms with Crippen molar-refractivity contribution >= 4 is 17.3 Å². The zero-order valence-corrected chi connectivity index (χ0v) is 15.7. The quantitative estimate of drug-likeness (QED) is 0.800. The van der Waals surface area contributed by atoms with E-state index in [9.17, 15) is 4.79 Å². The predicted octanol–water partition coefficient (Wildman–Crippen LogP) is 4.96. The second-order valence-corrected chi connectivity index (χ2v) is 7.40. The third-order valence-electron chi connectivity index (χ3n) is 5.02. The van der Waals surface area contributed by atoms with Gasteiger partial charge in [0.15, 0.2) is 0 Å². The topological polar surface area (TPSA) is 32.3 Å². The van der Waals surface area contributed by atoms with Crippen LogP contribution in [-0.2, 0) is 11.2 Å². The third kappa shape index (κ3) is 4.16. The number of nitrogens with zero attached hydrogens (tertiary/aromatic N) is 1. The molecule has 3 heteroatoms. The van der Waals surface area contributed by atoms with Gasteiger partial charge in [-0.3, -0.25) is 4.79 Å². The fraction of sp³-hybridized carbons (Fsp3) is 0.348. The van der Waals surface area contributed by atoms with Crippen molar-refractivity contribution in [2.24, 2.45) is 5.92 Å². The number of carbonyl (C=O) groups excluding carboxylic acids is 1. The first-order valence-electron chi connectivity index (χ1n) is 9.46. The van der Waals surface area contributed by atoms with Gasteiger partial charge in [0.25, 0.3) is 0 Å². The minimum absolute atomic E-state index is 0.0655. The van der Waals surface area contributed by atoms with Gasteiger partial charge in [-0.15, -0.1) is 0 Å². The molecule has 0 aromatic heterocycles. The molecule has 3 nitrogen and oxygen atoms in total. The summed E-state index contributed by atoms with van der Waals surface area (Å²) in [5, 5.41) is 3.12. The molecule has 0 fully saturated rings. The molecule has 0 saturated heterocycles. The molecular weight excluding hydrogens is 320 g/mol. The van der Waals surface area contributed by atoms with E-state index in [0.29, 0.717) is 5.92 Å². The number of aryl methyl sites for hydroxylation is 1. The highest BCUT2D eigenvalue weighted by atomic mass is 16.2. The van der Waals surface area contributed by atoms with Gasteiger partial charge in [-0.05, 0) is 36.8 Å². The Labute approximate surface area is 156 Å². The Morgan fingerprint density at radius 3 is 2.50 bits per heavy atom. The Balaban J connectivity index is 1.86. The van der Waals surface area contributed by atoms with E-state index >= 15 is 0 Å². The molecule has 136 valence electrons. The molecule has 0 radical (unpaired) electrons. The number of fused-ring (bicyclic) bond motifs is 1. The number of rotatable bonds is 6. The highest BCUT2D eigenvalue weighted by molar-refractivity contribution is 6.00. The number of hydrogen-bond donors (Lipinski definition) is 1. The first-order valence-corrected chi connectivity index (χ1v) is 9.46. The van der Waals surface area contributed by atoms with Gasteiger partial charge in [-0.1, -0.05) is 69.0 Å². The lowest BCUT2D eigenvalue weighted by Gasteiger charge is -2.32. The Bertz CT molecular complexity index is 767. The van der Waals surface area contributed by atoms with Crippen molar-refractivity contribution in [3.05, 3.63) is 72.3 Å². The number of nitrogens with one attached hydrogen (secondary N) is 1. The van der Waals surface area contributed by atoms with E-state index in [1.165, 1.54) is 5.56 Å². The summed E-state index contributed by atoms with van der Waals surface area (Å²) >= 11 is 0. The zero-order valence-electron chi connectivity index (χ0n) is 15.7. The van der Waals surface area contributed by atoms with Crippen LogP contribution in [0.1, 0.15) is 37.8 Å². The summed E-state index contributed by atoms with van der Waals surface area (Å²) in [7, 11) is 0. The minimum atomic E-state index is -0.200. The summed E-state index contributed by atoms with van der Waals surface area (Å²) in [5.41, 5.74) is 4.08. The Kier molecular flexibility index (Phi) is 5.77. The number of benzene rings is 2. The van der Waals surface area contributed by atoms with Crippen LogP contribution < -0.4 is 5.32 Å². The summed E-state index contributed by atoms with van der Waals surface area (Å²) in [6.07, 6.45) is 2.69. The van der Waals surface area contributed by atoms with Gasteiger partial charge in [0.05, 0.1) is 5.69 Å². The average molecular weight is 348 g/mol. The Morgan fingerprint density at radius 2 is 1.77 bits per heavy atom. The molecule has 1 atom stereocenters. The number of carbonyl (C=O) groups is 1. The Morgan fingerprint density at radius 1 is 1.08 bits per heavy atom. The van der Waals surface area contributed by atoms with Crippen LogP contribution in [0.4, 0.5) is 5.69 Å². The van der Waals surface area contributed by atoms with E-state index in [2.05, 4.69) is 42.8 Å². The summed E-state index contributed by atoms with van der Waals surface area (Å²) in [6.45, 7) is 9.62. The fourth-order valence-electron chi connectivity index (χ4n) is 3.47. The van der Waals surface area contributed by atoms with Crippen LogP contribution in [0.3, 0.4) is 0 Å². The second kappa shape index (κ2) is 8.22. The molecule has 0 bridgehead atoms. The molecule has 0 spiro atoms. The number of amides is 1. The molecule has 1 N–H and O–H groups in total. The van der Waals surface area contributed by atoms with Crippen molar-refractivity contribution in [2.75, 3.05) is 11.9 Å². The monoisotopic (exact) mass is 348 g/mol. The van der Waals surface area contributed by atoms with Gasteiger partial charge in [-0.2, -0.15) is 0 Å². The van der Waals surface area contributed by atoms with Crippen LogP contribution in [0.15, 0.2) is 61.2 Å². The maximum absolute atomic E-state index is 13.0. The summed E-state index contributed by atoms with van der Waals surface area (Å²) in [4.78, 5) is 15.2. The highest BCUT2D eigenvalue weighted by Gasteiger charge is 2.31. The highest BCUT2D eigenvalue weighted by Crippen LogP contribution is 2.32. The first kappa shape index (κ1) is 18.2. The lowest BCUT2D eigenvalue weighted by atomic mass is 10.0. The summed E-state index contributed by atoms with van der Waals surface area (Å²) in [6, 6.07) is 18.1. The van der Waals surface area contributed by atoms with Crippen LogP contribution in [0.5, 0.6) is 0 Å². The molecule has 1 amide bonds. The van der Waals surface area contributed by atoms with Crippen molar-refractivity contribution in [3.63, 3.8) is 0 Å². The van der Waals surface area contributed by atoms with Crippen LogP contribution in [-0.4, -0.2) is 23.4 Å². The van der Waals surface area contributed by atoms with Crippen LogP contribution in [0.25, 0.3) is 5.70 Å². The van der Waals surface area contributed by atoms with Gasteiger partial charge in [0, 0.05) is 17.8 Å². The maximum Gasteiger partial charge on any atom is 0.247 e. The fourth-order valence-corrected chi connectivity index (χ4v) is 3.47. The maximum atomic E-state index is 13.0. The number of anilines is 1. The van der Waals surface area contributed by atoms with E-state index in [4.69, 9.17) is 0 Å². The second-order valence-electron chi connectivity index (χ2n) is 7.40. The van der Waals surface area contributed by atoms with Crippen LogP contribution in [0.2, 0.25) is 0 Å². The van der Waals surface area contributed by atoms with E-state index in [1.54, 1.807) is 0 Å². The molecular formula is C23H28N2O. The lowest BCUT2D eigenvalue weighted by Crippen LogP contribution is -2.42. The largest absolute Gasteiger partial charge is 0.359 e. The smallest absolute Gasteiger partial charge is 0.247 e. The van der Waals surface area contributed by atoms with Crippen molar-refractivity contribution < 1.29 is 4.79 Å². The van der Waals surface area contributed by atoms with Gasteiger partial charge in [0.1, 0.15) is 6.04 Å². The molecule has 1 heterocycles. The molecule has 0 aliphatic carbocycles. The normalized spacial score (nSPS) is 17.0. The van der Waals surface area contributed by atoms with Gasteiger partial charge < -0.3 is 10.2 Å². The van der Waals surface area contributed by atoms with Crippen molar-refractivity contribution in [1.29, 1.82) is 0 Å². The summed E-state index contributed by atoms with van der Waals surface area (Å²) < 4.78 is 0. The molecule has 1 aliphatic rings. The molecule has 1 unspecified atom stereocenters. The Hall–Kier alpha value is -2.55. The minimum Gasteiger partial charge on any atom is -0.359 e. The van der Waals surface area contributed by atoms with Gasteiger partial charge in [0.2, 0.25) is 5.91 Å². The predicted molar refractivity (Wildman–Crippen MR) is 109 cm³/mol. The standard InChI is InChI=1S/C23H28N2O/c1-17(2)15-16-25-18(3)20-11-7-8-12-21(20)24-23(26)22(25)14-13-19-9-5-4-6-10-19/h4-12,17,22H,3,13-16H2,1-2H3,(H,24,26). The zero-order chi connectivity index (χ0) is 18.5. The van der Waals surface area contributed by atoms with E-state index in [1.807, 2.05) is 42.5 Å². The van der Waals surface area contributed by atoms with Gasteiger partial charge in [-0.25, -0.2) is 0 Å². The molecule has 2 aromatic rings. The molecule has 3 rings (SSSR count). The average Bonchev–Trinajstić information content (AvgIpc) is 2.74. The van der Waals surface area contributed by atoms with Gasteiger partial charge >= 0.3 is 0 Å². The van der Waals surface area contributed by atoms with E-state index < -0.39 is 0 Å². The molecule has 1 aliphatic heterocycles. The molecule has 0 saturated carbocycles. The SMILES string of the molecule is C=C1c2ccccc2NC(=O)C(CCc2ccccc2)N1CCC(C)C. The van der Waals surface area contributed by atoms with Crippen LogP contribution in [0, 0.1) is 5.92 Å². The van der Waals surface area contributed by atoms with Crippen LogP contribution >= 0.6 is 0 Å². The summed E-state index contributed by atoms with van der Waals surface area (Å²) in [5.74, 6) is 0.648. The number of hydrogen-bond acceptors (Lipinski definition) is 2. The lowest BCUT2D eigenvalue weighted by molar-refractivity contribution is -0.120. The van der Waals surface area contributed by atoms with Crippen molar-refractivity contribution in [3.8, 4) is 0 Å². The van der Waals surface area contributed by atoms with Crippen molar-refractivity contribution in [2.45, 2.75) is 39.2 Å². The first-order chi connectivity index (χ1) is 12.6. The molecule has 26 heavy (non-hydrogen) atoms. The number of para-hydroxylation sites is 1. The van der Waals surface area contributed by atoms with E-state index in [-0.39, 0.29) is 11.9 Å².